The summed E-state index contributed by atoms with van der Waals surface area (Å²) in [6.07, 6.45) is 0. The van der Waals surface area contributed by atoms with Gasteiger partial charge in [0, 0.05) is 23.2 Å². The van der Waals surface area contributed by atoms with Gasteiger partial charge in [0.1, 0.15) is 6.04 Å². The summed E-state index contributed by atoms with van der Waals surface area (Å²) in [6, 6.07) is 10.2. The molecule has 0 saturated carbocycles. The average Bonchev–Trinajstić information content (AvgIpc) is 3.25. The number of hydrogen-bond donors (Lipinski definition) is 1. The number of nitrogens with zero attached hydrogens (tertiary/aromatic N) is 2. The summed E-state index contributed by atoms with van der Waals surface area (Å²) in [5.41, 5.74) is 0.811. The molecule has 2 aromatic rings. The normalized spacial score (nSPS) is 25.3. The van der Waals surface area contributed by atoms with Crippen LogP contribution in [0, 0.1) is 22.0 Å². The summed E-state index contributed by atoms with van der Waals surface area (Å²) in [7, 11) is 1.20. The van der Waals surface area contributed by atoms with Gasteiger partial charge in [-0.15, -0.1) is 0 Å². The molecule has 0 aromatic heterocycles. The highest BCUT2D eigenvalue weighted by atomic mass is 35.5. The van der Waals surface area contributed by atoms with Crippen LogP contribution in [-0.2, 0) is 19.1 Å². The SMILES string of the molecule is COC(=O)[C@@H]1N[C@H](c2ccc([N+](=O)[O-])cc2)[C@@H]2C(=O)N(c3ccc(Cl)cc3)C(=O)[C@@H]21. The van der Waals surface area contributed by atoms with Crippen molar-refractivity contribution in [3.63, 3.8) is 0 Å². The molecule has 0 bridgehead atoms. The van der Waals surface area contributed by atoms with Crippen LogP contribution in [0.4, 0.5) is 11.4 Å². The van der Waals surface area contributed by atoms with Crippen molar-refractivity contribution in [1.29, 1.82) is 0 Å². The van der Waals surface area contributed by atoms with Crippen molar-refractivity contribution in [1.82, 2.24) is 5.32 Å². The van der Waals surface area contributed by atoms with E-state index < -0.39 is 46.6 Å². The number of esters is 1. The molecule has 10 heteroatoms. The van der Waals surface area contributed by atoms with Gasteiger partial charge in [-0.1, -0.05) is 23.7 Å². The number of methoxy groups -OCH3 is 1. The van der Waals surface area contributed by atoms with Gasteiger partial charge in [-0.3, -0.25) is 29.8 Å². The fourth-order valence-corrected chi connectivity index (χ4v) is 4.23. The maximum Gasteiger partial charge on any atom is 0.323 e. The summed E-state index contributed by atoms with van der Waals surface area (Å²) < 4.78 is 4.83. The zero-order chi connectivity index (χ0) is 21.6. The Hall–Kier alpha value is -3.30. The van der Waals surface area contributed by atoms with Crippen molar-refractivity contribution < 1.29 is 24.0 Å². The third-order valence-electron chi connectivity index (χ3n) is 5.48. The second kappa shape index (κ2) is 7.51. The van der Waals surface area contributed by atoms with Crippen LogP contribution in [0.25, 0.3) is 0 Å². The van der Waals surface area contributed by atoms with Gasteiger partial charge in [0.05, 0.1) is 29.6 Å². The lowest BCUT2D eigenvalue weighted by Crippen LogP contribution is -2.43. The topological polar surface area (TPSA) is 119 Å². The smallest absolute Gasteiger partial charge is 0.323 e. The van der Waals surface area contributed by atoms with E-state index in [1.807, 2.05) is 0 Å². The van der Waals surface area contributed by atoms with Gasteiger partial charge in [0.2, 0.25) is 11.8 Å². The number of hydrogen-bond acceptors (Lipinski definition) is 7. The Labute approximate surface area is 175 Å². The van der Waals surface area contributed by atoms with Crippen molar-refractivity contribution in [2.24, 2.45) is 11.8 Å². The third-order valence-corrected chi connectivity index (χ3v) is 5.73. The van der Waals surface area contributed by atoms with Gasteiger partial charge in [0.15, 0.2) is 0 Å². The predicted octanol–water partition coefficient (Wildman–Crippen LogP) is 2.24. The molecule has 0 spiro atoms. The highest BCUT2D eigenvalue weighted by Gasteiger charge is 2.61. The van der Waals surface area contributed by atoms with E-state index in [1.165, 1.54) is 31.4 Å². The molecule has 30 heavy (non-hydrogen) atoms. The van der Waals surface area contributed by atoms with Gasteiger partial charge in [-0.2, -0.15) is 0 Å². The lowest BCUT2D eigenvalue weighted by molar-refractivity contribution is -0.384. The molecular formula is C20H16ClN3O6. The van der Waals surface area contributed by atoms with Crippen LogP contribution in [0.15, 0.2) is 48.5 Å². The highest BCUT2D eigenvalue weighted by molar-refractivity contribution is 6.31. The number of amides is 2. The zero-order valence-corrected chi connectivity index (χ0v) is 16.4. The Balaban J connectivity index is 1.74. The maximum atomic E-state index is 13.3. The highest BCUT2D eigenvalue weighted by Crippen LogP contribution is 2.45. The Morgan fingerprint density at radius 3 is 2.23 bits per heavy atom. The minimum Gasteiger partial charge on any atom is -0.468 e. The largest absolute Gasteiger partial charge is 0.468 e. The molecule has 9 nitrogen and oxygen atoms in total. The van der Waals surface area contributed by atoms with E-state index in [2.05, 4.69) is 5.32 Å². The van der Waals surface area contributed by atoms with Crippen LogP contribution in [-0.4, -0.2) is 35.9 Å². The van der Waals surface area contributed by atoms with Crippen LogP contribution in [0.2, 0.25) is 5.02 Å². The number of anilines is 1. The lowest BCUT2D eigenvalue weighted by Gasteiger charge is -2.22. The van der Waals surface area contributed by atoms with E-state index in [0.717, 1.165) is 4.90 Å². The van der Waals surface area contributed by atoms with E-state index in [9.17, 15) is 24.5 Å². The number of carbonyl (C=O) groups is 3. The first-order chi connectivity index (χ1) is 14.3. The Morgan fingerprint density at radius 2 is 1.67 bits per heavy atom. The van der Waals surface area contributed by atoms with Crippen molar-refractivity contribution in [3.05, 3.63) is 69.2 Å². The van der Waals surface area contributed by atoms with Gasteiger partial charge < -0.3 is 4.74 Å². The number of rotatable bonds is 4. The monoisotopic (exact) mass is 429 g/mol. The standard InChI is InChI=1S/C20H16ClN3O6/c1-30-20(27)17-15-14(16(22-17)10-2-6-13(7-3-10)24(28)29)18(25)23(19(15)26)12-8-4-11(21)5-9-12/h2-9,14-17,22H,1H3/t14-,15+,16-,17-/m1/s1. The van der Waals surface area contributed by atoms with Crippen molar-refractivity contribution in [2.45, 2.75) is 12.1 Å². The molecule has 2 heterocycles. The van der Waals surface area contributed by atoms with Crippen LogP contribution in [0.5, 0.6) is 0 Å². The molecule has 2 aliphatic rings. The minimum atomic E-state index is -1.02. The molecule has 1 N–H and O–H groups in total. The van der Waals surface area contributed by atoms with Crippen LogP contribution < -0.4 is 10.2 Å². The van der Waals surface area contributed by atoms with Gasteiger partial charge in [-0.25, -0.2) is 4.90 Å². The number of nitro benzene ring substituents is 1. The zero-order valence-electron chi connectivity index (χ0n) is 15.7. The number of nitrogens with one attached hydrogen (secondary N) is 1. The molecular weight excluding hydrogens is 414 g/mol. The number of benzene rings is 2. The minimum absolute atomic E-state index is 0.102. The molecule has 2 aromatic carbocycles. The quantitative estimate of drug-likeness (QED) is 0.342. The molecule has 2 fully saturated rings. The molecule has 154 valence electrons. The number of imide groups is 1. The summed E-state index contributed by atoms with van der Waals surface area (Å²) >= 11 is 5.90. The first-order valence-corrected chi connectivity index (χ1v) is 9.43. The lowest BCUT2D eigenvalue weighted by atomic mass is 9.86. The maximum absolute atomic E-state index is 13.3. The molecule has 4 rings (SSSR count). The van der Waals surface area contributed by atoms with E-state index in [4.69, 9.17) is 16.3 Å². The Morgan fingerprint density at radius 1 is 1.07 bits per heavy atom. The molecule has 4 atom stereocenters. The van der Waals surface area contributed by atoms with Crippen LogP contribution >= 0.6 is 11.6 Å². The fourth-order valence-electron chi connectivity index (χ4n) is 4.11. The predicted molar refractivity (Wildman–Crippen MR) is 106 cm³/mol. The number of halogens is 1. The molecule has 0 aliphatic carbocycles. The Bertz CT molecular complexity index is 1040. The van der Waals surface area contributed by atoms with Gasteiger partial charge in [0.25, 0.3) is 5.69 Å². The van der Waals surface area contributed by atoms with Crippen LogP contribution in [0.1, 0.15) is 11.6 Å². The van der Waals surface area contributed by atoms with Crippen molar-refractivity contribution in [2.75, 3.05) is 12.0 Å². The Kier molecular flexibility index (Phi) is 5.00. The second-order valence-corrected chi connectivity index (χ2v) is 7.47. The number of non-ortho nitro benzene ring substituents is 1. The van der Waals surface area contributed by atoms with Crippen molar-refractivity contribution >= 4 is 40.8 Å². The van der Waals surface area contributed by atoms with E-state index in [1.54, 1.807) is 24.3 Å². The second-order valence-electron chi connectivity index (χ2n) is 7.03. The summed E-state index contributed by atoms with van der Waals surface area (Å²) in [5.74, 6) is -3.46. The van der Waals surface area contributed by atoms with Crippen LogP contribution in [0.3, 0.4) is 0 Å². The molecule has 0 unspecified atom stereocenters. The van der Waals surface area contributed by atoms with Crippen molar-refractivity contribution in [3.8, 4) is 0 Å². The van der Waals surface area contributed by atoms with Gasteiger partial charge >= 0.3 is 5.97 Å². The first kappa shape index (κ1) is 20.0. The van der Waals surface area contributed by atoms with E-state index in [-0.39, 0.29) is 5.69 Å². The van der Waals surface area contributed by atoms with Gasteiger partial charge in [-0.05, 0) is 29.8 Å². The number of ether oxygens (including phenoxy) is 1. The number of nitro groups is 1. The molecule has 0 radical (unpaired) electrons. The number of carbonyl (C=O) groups excluding carboxylic acids is 3. The molecule has 2 saturated heterocycles. The molecule has 2 aliphatic heterocycles. The van der Waals surface area contributed by atoms with E-state index in [0.29, 0.717) is 16.3 Å². The summed E-state index contributed by atoms with van der Waals surface area (Å²) in [5, 5.41) is 14.4. The number of fused-ring (bicyclic) bond motifs is 1. The van der Waals surface area contributed by atoms with E-state index >= 15 is 0 Å². The fraction of sp³-hybridized carbons (Fsp3) is 0.250. The average molecular weight is 430 g/mol. The molecule has 2 amide bonds. The summed E-state index contributed by atoms with van der Waals surface area (Å²) in [6.45, 7) is 0. The summed E-state index contributed by atoms with van der Waals surface area (Å²) in [4.78, 5) is 50.2. The third kappa shape index (κ3) is 3.12. The first-order valence-electron chi connectivity index (χ1n) is 9.05.